The number of carbonyl (C=O) groups is 1. The maximum atomic E-state index is 11.5. The number of aliphatic carboxylic acids is 1. The number of nitrogens with one attached hydrogen (secondary N) is 1. The Balaban J connectivity index is 2.04. The summed E-state index contributed by atoms with van der Waals surface area (Å²) in [5, 5.41) is 12.8. The van der Waals surface area contributed by atoms with Gasteiger partial charge < -0.3 is 10.4 Å². The SMILES string of the molecule is CC1(C2CNCC2C(=O)O)CCCCCCCCCC1. The number of rotatable bonds is 2. The predicted molar refractivity (Wildman–Crippen MR) is 81.8 cm³/mol. The van der Waals surface area contributed by atoms with Crippen LogP contribution in [0.4, 0.5) is 0 Å². The molecule has 2 atom stereocenters. The van der Waals surface area contributed by atoms with E-state index >= 15 is 0 Å². The third-order valence-electron chi connectivity index (χ3n) is 5.67. The lowest BCUT2D eigenvalue weighted by Crippen LogP contribution is -2.36. The van der Waals surface area contributed by atoms with E-state index in [-0.39, 0.29) is 11.3 Å². The molecule has 2 unspecified atom stereocenters. The minimum atomic E-state index is -0.601. The summed E-state index contributed by atoms with van der Waals surface area (Å²) in [5.41, 5.74) is 0.219. The van der Waals surface area contributed by atoms with Gasteiger partial charge in [-0.3, -0.25) is 4.79 Å². The Morgan fingerprint density at radius 1 is 0.950 bits per heavy atom. The van der Waals surface area contributed by atoms with E-state index in [0.717, 1.165) is 6.54 Å². The summed E-state index contributed by atoms with van der Waals surface area (Å²) < 4.78 is 0. The van der Waals surface area contributed by atoms with Gasteiger partial charge in [-0.05, 0) is 30.7 Å². The van der Waals surface area contributed by atoms with Crippen LogP contribution in [-0.2, 0) is 4.79 Å². The van der Waals surface area contributed by atoms with E-state index in [2.05, 4.69) is 12.2 Å². The standard InChI is InChI=1S/C17H31NO2/c1-17(15-13-18-12-14(15)16(19)20)10-8-6-4-2-3-5-7-9-11-17/h14-15,18H,2-13H2,1H3,(H,19,20). The monoisotopic (exact) mass is 281 g/mol. The minimum Gasteiger partial charge on any atom is -0.481 e. The number of hydrogen-bond acceptors (Lipinski definition) is 2. The van der Waals surface area contributed by atoms with Crippen molar-refractivity contribution in [2.75, 3.05) is 13.1 Å². The average molecular weight is 281 g/mol. The predicted octanol–water partition coefficient (Wildman–Crippen LogP) is 3.83. The molecule has 1 saturated heterocycles. The summed E-state index contributed by atoms with van der Waals surface area (Å²) in [6.45, 7) is 3.92. The number of carboxylic acids is 1. The maximum absolute atomic E-state index is 11.5. The van der Waals surface area contributed by atoms with E-state index in [1.165, 1.54) is 64.2 Å². The molecule has 0 aromatic carbocycles. The van der Waals surface area contributed by atoms with Gasteiger partial charge in [0.05, 0.1) is 5.92 Å². The fraction of sp³-hybridized carbons (Fsp3) is 0.941. The second-order valence-corrected chi connectivity index (χ2v) is 7.19. The van der Waals surface area contributed by atoms with Crippen LogP contribution in [0.15, 0.2) is 0 Å². The first-order valence-corrected chi connectivity index (χ1v) is 8.57. The Morgan fingerprint density at radius 2 is 1.45 bits per heavy atom. The van der Waals surface area contributed by atoms with Crippen molar-refractivity contribution >= 4 is 5.97 Å². The third kappa shape index (κ3) is 3.97. The van der Waals surface area contributed by atoms with Gasteiger partial charge in [0.2, 0.25) is 0 Å². The van der Waals surface area contributed by atoms with Crippen molar-refractivity contribution in [3.05, 3.63) is 0 Å². The lowest BCUT2D eigenvalue weighted by molar-refractivity contribution is -0.144. The fourth-order valence-corrected chi connectivity index (χ4v) is 4.28. The summed E-state index contributed by atoms with van der Waals surface area (Å²) in [7, 11) is 0. The van der Waals surface area contributed by atoms with Crippen LogP contribution in [0.2, 0.25) is 0 Å². The molecule has 0 bridgehead atoms. The molecule has 0 spiro atoms. The molecule has 0 aromatic heterocycles. The Labute approximate surface area is 123 Å². The van der Waals surface area contributed by atoms with Gasteiger partial charge in [0.25, 0.3) is 0 Å². The highest BCUT2D eigenvalue weighted by molar-refractivity contribution is 5.71. The quantitative estimate of drug-likeness (QED) is 0.809. The highest BCUT2D eigenvalue weighted by Gasteiger charge is 2.44. The smallest absolute Gasteiger partial charge is 0.308 e. The third-order valence-corrected chi connectivity index (χ3v) is 5.67. The molecule has 1 aliphatic heterocycles. The molecule has 1 aliphatic carbocycles. The van der Waals surface area contributed by atoms with Crippen molar-refractivity contribution in [3.63, 3.8) is 0 Å². The number of carboxylic acid groups (broad SMARTS) is 1. The van der Waals surface area contributed by atoms with E-state index in [4.69, 9.17) is 0 Å². The van der Waals surface area contributed by atoms with Crippen LogP contribution < -0.4 is 5.32 Å². The average Bonchev–Trinajstić information content (AvgIpc) is 2.89. The lowest BCUT2D eigenvalue weighted by Gasteiger charge is -2.38. The highest BCUT2D eigenvalue weighted by atomic mass is 16.4. The van der Waals surface area contributed by atoms with Crippen molar-refractivity contribution in [3.8, 4) is 0 Å². The summed E-state index contributed by atoms with van der Waals surface area (Å²) >= 11 is 0. The topological polar surface area (TPSA) is 49.3 Å². The summed E-state index contributed by atoms with van der Waals surface area (Å²) in [5.74, 6) is -0.457. The van der Waals surface area contributed by atoms with Crippen LogP contribution in [0.25, 0.3) is 0 Å². The zero-order valence-electron chi connectivity index (χ0n) is 13.0. The summed E-state index contributed by atoms with van der Waals surface area (Å²) in [6, 6.07) is 0. The van der Waals surface area contributed by atoms with Gasteiger partial charge in [-0.1, -0.05) is 58.3 Å². The molecule has 1 saturated carbocycles. The van der Waals surface area contributed by atoms with Gasteiger partial charge in [-0.2, -0.15) is 0 Å². The van der Waals surface area contributed by atoms with Gasteiger partial charge in [0.1, 0.15) is 0 Å². The molecule has 2 aliphatic rings. The zero-order chi connectivity index (χ0) is 14.4. The van der Waals surface area contributed by atoms with Gasteiger partial charge in [0, 0.05) is 6.54 Å². The second-order valence-electron chi connectivity index (χ2n) is 7.19. The number of hydrogen-bond donors (Lipinski definition) is 2. The minimum absolute atomic E-state index is 0.176. The first kappa shape index (κ1) is 15.8. The van der Waals surface area contributed by atoms with Crippen molar-refractivity contribution in [2.45, 2.75) is 71.1 Å². The molecule has 0 amide bonds. The molecule has 2 fully saturated rings. The molecular formula is C17H31NO2. The van der Waals surface area contributed by atoms with E-state index in [9.17, 15) is 9.90 Å². The first-order chi connectivity index (χ1) is 9.63. The molecule has 2 rings (SSSR count). The molecule has 116 valence electrons. The second kappa shape index (κ2) is 7.44. The first-order valence-electron chi connectivity index (χ1n) is 8.57. The van der Waals surface area contributed by atoms with Crippen LogP contribution in [-0.4, -0.2) is 24.2 Å². The molecule has 20 heavy (non-hydrogen) atoms. The normalized spacial score (nSPS) is 32.5. The van der Waals surface area contributed by atoms with Crippen molar-refractivity contribution < 1.29 is 9.90 Å². The maximum Gasteiger partial charge on any atom is 0.308 e. The van der Waals surface area contributed by atoms with Crippen LogP contribution in [0, 0.1) is 17.3 Å². The van der Waals surface area contributed by atoms with Gasteiger partial charge in [-0.25, -0.2) is 0 Å². The Bertz CT molecular complexity index is 304. The van der Waals surface area contributed by atoms with Gasteiger partial charge in [0.15, 0.2) is 0 Å². The Hall–Kier alpha value is -0.570. The highest BCUT2D eigenvalue weighted by Crippen LogP contribution is 2.44. The van der Waals surface area contributed by atoms with E-state index in [1.54, 1.807) is 0 Å². The fourth-order valence-electron chi connectivity index (χ4n) is 4.28. The molecule has 3 nitrogen and oxygen atoms in total. The van der Waals surface area contributed by atoms with Crippen LogP contribution in [0.3, 0.4) is 0 Å². The molecule has 2 N–H and O–H groups in total. The van der Waals surface area contributed by atoms with E-state index in [0.29, 0.717) is 12.5 Å². The van der Waals surface area contributed by atoms with E-state index < -0.39 is 5.97 Å². The summed E-state index contributed by atoms with van der Waals surface area (Å²) in [4.78, 5) is 11.5. The van der Waals surface area contributed by atoms with Crippen molar-refractivity contribution in [1.82, 2.24) is 5.32 Å². The molecule has 0 radical (unpaired) electrons. The van der Waals surface area contributed by atoms with Gasteiger partial charge >= 0.3 is 5.97 Å². The van der Waals surface area contributed by atoms with Crippen molar-refractivity contribution in [1.29, 1.82) is 0 Å². The molecule has 1 heterocycles. The molecule has 0 aromatic rings. The van der Waals surface area contributed by atoms with Crippen LogP contribution in [0.1, 0.15) is 71.1 Å². The zero-order valence-corrected chi connectivity index (χ0v) is 13.0. The summed E-state index contributed by atoms with van der Waals surface area (Å²) in [6.07, 6.45) is 13.1. The van der Waals surface area contributed by atoms with Crippen LogP contribution in [0.5, 0.6) is 0 Å². The van der Waals surface area contributed by atoms with E-state index in [1.807, 2.05) is 0 Å². The Morgan fingerprint density at radius 3 is 1.95 bits per heavy atom. The Kier molecular flexibility index (Phi) is 5.88. The molecular weight excluding hydrogens is 250 g/mol. The van der Waals surface area contributed by atoms with Crippen molar-refractivity contribution in [2.24, 2.45) is 17.3 Å². The van der Waals surface area contributed by atoms with Crippen LogP contribution >= 0.6 is 0 Å². The lowest BCUT2D eigenvalue weighted by atomic mass is 9.66. The molecule has 3 heteroatoms. The largest absolute Gasteiger partial charge is 0.481 e. The van der Waals surface area contributed by atoms with Gasteiger partial charge in [-0.15, -0.1) is 0 Å².